The molecule has 7 heteroatoms. The molecule has 3 aliphatic rings. The monoisotopic (exact) mass is 489 g/mol. The van der Waals surface area contributed by atoms with Crippen molar-refractivity contribution in [2.75, 3.05) is 39.0 Å². The van der Waals surface area contributed by atoms with Crippen LogP contribution in [-0.2, 0) is 10.3 Å². The van der Waals surface area contributed by atoms with Crippen LogP contribution in [0.5, 0.6) is 0 Å². The van der Waals surface area contributed by atoms with Crippen LogP contribution in [0.25, 0.3) is 0 Å². The molecule has 5 rings (SSSR count). The maximum Gasteiger partial charge on any atom is 0.321 e. The van der Waals surface area contributed by atoms with Crippen LogP contribution in [0, 0.1) is 12.8 Å². The number of hydrogen-bond acceptors (Lipinski definition) is 4. The third-order valence-electron chi connectivity index (χ3n) is 9.02. The average Bonchev–Trinajstić information content (AvgIpc) is 3.08. The molecule has 1 spiro atoms. The van der Waals surface area contributed by atoms with Gasteiger partial charge in [-0.05, 0) is 83.2 Å². The molecule has 2 aromatic rings. The molecule has 0 radical (unpaired) electrons. The highest BCUT2D eigenvalue weighted by atomic mass is 16.2. The van der Waals surface area contributed by atoms with Gasteiger partial charge in [-0.1, -0.05) is 36.8 Å². The number of hydrogen-bond donors (Lipinski definition) is 1. The summed E-state index contributed by atoms with van der Waals surface area (Å²) >= 11 is 0. The number of rotatable bonds is 7. The summed E-state index contributed by atoms with van der Waals surface area (Å²) in [6.45, 7) is 3.39. The van der Waals surface area contributed by atoms with E-state index in [0.717, 1.165) is 37.9 Å². The van der Waals surface area contributed by atoms with Gasteiger partial charge in [0.05, 0.1) is 16.9 Å². The van der Waals surface area contributed by atoms with E-state index in [9.17, 15) is 9.59 Å². The molecule has 3 fully saturated rings. The van der Waals surface area contributed by atoms with Crippen molar-refractivity contribution >= 4 is 17.6 Å². The summed E-state index contributed by atoms with van der Waals surface area (Å²) in [5.74, 6) is 0.426. The van der Waals surface area contributed by atoms with Crippen LogP contribution in [0.1, 0.15) is 56.2 Å². The van der Waals surface area contributed by atoms with Crippen LogP contribution in [0.3, 0.4) is 0 Å². The molecule has 3 amide bonds. The van der Waals surface area contributed by atoms with E-state index in [4.69, 9.17) is 0 Å². The first kappa shape index (κ1) is 24.8. The predicted octanol–water partition coefficient (Wildman–Crippen LogP) is 4.64. The maximum absolute atomic E-state index is 13.7. The Morgan fingerprint density at radius 3 is 2.42 bits per heavy atom. The summed E-state index contributed by atoms with van der Waals surface area (Å²) in [6.07, 6.45) is 9.24. The lowest BCUT2D eigenvalue weighted by molar-refractivity contribution is -0.116. The molecule has 2 aliphatic carbocycles. The highest BCUT2D eigenvalue weighted by Crippen LogP contribution is 2.49. The fraction of sp³-hybridized carbons (Fsp3) is 0.552. The number of nitrogens with one attached hydrogen (secondary N) is 1. The van der Waals surface area contributed by atoms with E-state index in [2.05, 4.69) is 64.5 Å². The number of carbonyl (C=O) groups excluding carboxylic acids is 2. The summed E-state index contributed by atoms with van der Waals surface area (Å²) < 4.78 is 0. The lowest BCUT2D eigenvalue weighted by atomic mass is 9.68. The molecule has 1 aliphatic heterocycles. The Hall–Kier alpha value is -2.93. The van der Waals surface area contributed by atoms with Crippen LogP contribution >= 0.6 is 0 Å². The lowest BCUT2D eigenvalue weighted by Crippen LogP contribution is -2.56. The number of urea groups is 1. The maximum atomic E-state index is 13.7. The van der Waals surface area contributed by atoms with Gasteiger partial charge in [-0.25, -0.2) is 4.79 Å². The number of benzene rings is 1. The van der Waals surface area contributed by atoms with Gasteiger partial charge in [-0.15, -0.1) is 0 Å². The molecule has 1 aromatic carbocycles. The summed E-state index contributed by atoms with van der Waals surface area (Å²) in [6, 6.07) is 14.5. The number of anilines is 1. The molecule has 7 nitrogen and oxygen atoms in total. The first-order valence-electron chi connectivity index (χ1n) is 13.3. The van der Waals surface area contributed by atoms with Crippen molar-refractivity contribution < 1.29 is 9.59 Å². The minimum atomic E-state index is -0.203. The number of nitrogens with zero attached hydrogens (tertiary/aromatic N) is 4. The van der Waals surface area contributed by atoms with Gasteiger partial charge < -0.3 is 15.1 Å². The normalized spacial score (nSPS) is 26.5. The van der Waals surface area contributed by atoms with E-state index >= 15 is 0 Å². The van der Waals surface area contributed by atoms with Crippen LogP contribution in [0.15, 0.2) is 48.7 Å². The smallest absolute Gasteiger partial charge is 0.321 e. The average molecular weight is 490 g/mol. The van der Waals surface area contributed by atoms with Crippen LogP contribution in [-0.4, -0.2) is 70.9 Å². The molecule has 36 heavy (non-hydrogen) atoms. The minimum absolute atomic E-state index is 0.0250. The zero-order valence-corrected chi connectivity index (χ0v) is 21.9. The van der Waals surface area contributed by atoms with Gasteiger partial charge in [0.15, 0.2) is 0 Å². The fourth-order valence-electron chi connectivity index (χ4n) is 6.49. The second kappa shape index (κ2) is 9.85. The highest BCUT2D eigenvalue weighted by Gasteiger charge is 2.55. The predicted molar refractivity (Wildman–Crippen MR) is 142 cm³/mol. The fourth-order valence-corrected chi connectivity index (χ4v) is 6.49. The number of pyridine rings is 1. The van der Waals surface area contributed by atoms with Gasteiger partial charge in [0.1, 0.15) is 6.54 Å². The highest BCUT2D eigenvalue weighted by molar-refractivity contribution is 5.95. The lowest BCUT2D eigenvalue weighted by Gasteiger charge is -2.51. The molecule has 2 heterocycles. The molecule has 0 bridgehead atoms. The Morgan fingerprint density at radius 1 is 1.08 bits per heavy atom. The Labute approximate surface area is 214 Å². The Balaban J connectivity index is 1.35. The van der Waals surface area contributed by atoms with Crippen molar-refractivity contribution in [2.24, 2.45) is 5.92 Å². The molecule has 0 unspecified atom stereocenters. The van der Waals surface area contributed by atoms with E-state index < -0.39 is 0 Å². The van der Waals surface area contributed by atoms with E-state index in [-0.39, 0.29) is 29.6 Å². The molecular weight excluding hydrogens is 450 g/mol. The van der Waals surface area contributed by atoms with E-state index in [1.165, 1.54) is 24.8 Å². The third-order valence-corrected chi connectivity index (χ3v) is 9.02. The number of carbonyl (C=O) groups is 2. The van der Waals surface area contributed by atoms with Gasteiger partial charge in [-0.3, -0.25) is 14.7 Å². The van der Waals surface area contributed by atoms with Gasteiger partial charge in [0.25, 0.3) is 0 Å². The quantitative estimate of drug-likeness (QED) is 0.615. The van der Waals surface area contributed by atoms with Gasteiger partial charge in [0, 0.05) is 24.8 Å². The molecule has 1 N–H and O–H groups in total. The Bertz CT molecular complexity index is 1090. The molecule has 0 atom stereocenters. The van der Waals surface area contributed by atoms with Crippen LogP contribution in [0.2, 0.25) is 0 Å². The molecular formula is C29H39N5O2. The van der Waals surface area contributed by atoms with Gasteiger partial charge in [-0.2, -0.15) is 0 Å². The second-order valence-electron chi connectivity index (χ2n) is 11.2. The van der Waals surface area contributed by atoms with Crippen LogP contribution < -0.4 is 5.32 Å². The Kier molecular flexibility index (Phi) is 6.77. The first-order chi connectivity index (χ1) is 17.3. The number of aryl methyl sites for hydroxylation is 1. The number of aromatic nitrogens is 1. The SMILES string of the molecule is Cc1ncccc1NC(=O)CN1C[C@]2(CC[C@@](c3ccccc3)(N(C)C)CC2)N(CC2CCC2)C1=O. The molecule has 1 saturated heterocycles. The van der Waals surface area contributed by atoms with Crippen molar-refractivity contribution in [3.8, 4) is 0 Å². The van der Waals surface area contributed by atoms with Crippen molar-refractivity contribution in [1.82, 2.24) is 19.7 Å². The molecule has 1 aromatic heterocycles. The van der Waals surface area contributed by atoms with Crippen molar-refractivity contribution in [1.29, 1.82) is 0 Å². The van der Waals surface area contributed by atoms with Crippen molar-refractivity contribution in [3.05, 3.63) is 59.9 Å². The summed E-state index contributed by atoms with van der Waals surface area (Å²) in [5, 5.41) is 2.96. The topological polar surface area (TPSA) is 68.8 Å². The van der Waals surface area contributed by atoms with Gasteiger partial charge >= 0.3 is 6.03 Å². The second-order valence-corrected chi connectivity index (χ2v) is 11.2. The largest absolute Gasteiger partial charge is 0.323 e. The van der Waals surface area contributed by atoms with E-state index in [0.29, 0.717) is 18.2 Å². The zero-order valence-electron chi connectivity index (χ0n) is 21.9. The summed E-state index contributed by atoms with van der Waals surface area (Å²) in [4.78, 5) is 37.2. The summed E-state index contributed by atoms with van der Waals surface area (Å²) in [5.41, 5.74) is 2.59. The zero-order chi connectivity index (χ0) is 25.3. The standard InChI is InChI=1S/C29H39N5O2/c1-22-25(13-8-18-30-22)31-26(35)20-33-21-28(34(27(33)36)19-23-9-7-10-23)14-16-29(17-15-28,32(2)3)24-11-5-4-6-12-24/h4-6,8,11-13,18,23H,7,9-10,14-17,19-21H2,1-3H3,(H,31,35)/t28-,29-. The summed E-state index contributed by atoms with van der Waals surface area (Å²) in [7, 11) is 4.35. The molecule has 2 saturated carbocycles. The van der Waals surface area contributed by atoms with E-state index in [1.54, 1.807) is 11.1 Å². The van der Waals surface area contributed by atoms with Crippen LogP contribution in [0.4, 0.5) is 10.5 Å². The molecule has 192 valence electrons. The third kappa shape index (κ3) is 4.49. The van der Waals surface area contributed by atoms with Crippen molar-refractivity contribution in [3.63, 3.8) is 0 Å². The first-order valence-corrected chi connectivity index (χ1v) is 13.3. The number of amides is 3. The Morgan fingerprint density at radius 2 is 1.81 bits per heavy atom. The minimum Gasteiger partial charge on any atom is -0.323 e. The van der Waals surface area contributed by atoms with E-state index in [1.807, 2.05) is 19.1 Å². The van der Waals surface area contributed by atoms with Gasteiger partial charge in [0.2, 0.25) is 5.91 Å². The van der Waals surface area contributed by atoms with Crippen molar-refractivity contribution in [2.45, 2.75) is 62.9 Å².